The van der Waals surface area contributed by atoms with E-state index in [1.807, 2.05) is 6.92 Å². The van der Waals surface area contributed by atoms with Crippen LogP contribution in [0.2, 0.25) is 0 Å². The molecule has 0 saturated carbocycles. The van der Waals surface area contributed by atoms with Crippen LogP contribution in [0.25, 0.3) is 0 Å². The zero-order chi connectivity index (χ0) is 12.1. The van der Waals surface area contributed by atoms with Crippen molar-refractivity contribution in [3.8, 4) is 0 Å². The molecule has 6 nitrogen and oxygen atoms in total. The molecule has 0 aliphatic rings. The number of aliphatic hydroxyl groups is 2. The van der Waals surface area contributed by atoms with Gasteiger partial charge in [0.2, 0.25) is 0 Å². The number of carbonyl (C=O) groups excluding carboxylic acids is 1. The van der Waals surface area contributed by atoms with Crippen molar-refractivity contribution in [3.63, 3.8) is 0 Å². The molecule has 0 unspecified atom stereocenters. The molecule has 0 aliphatic carbocycles. The van der Waals surface area contributed by atoms with Gasteiger partial charge in [0.15, 0.2) is 0 Å². The van der Waals surface area contributed by atoms with Gasteiger partial charge in [0.25, 0.3) is 5.91 Å². The summed E-state index contributed by atoms with van der Waals surface area (Å²) in [5, 5.41) is 24.3. The predicted molar refractivity (Wildman–Crippen MR) is 58.0 cm³/mol. The molecule has 1 amide bonds. The number of hydrogen-bond donors (Lipinski definition) is 3. The normalized spacial score (nSPS) is 10.8. The van der Waals surface area contributed by atoms with Crippen LogP contribution in [0, 0.1) is 0 Å². The average molecular weight is 227 g/mol. The van der Waals surface area contributed by atoms with Crippen molar-refractivity contribution in [3.05, 3.63) is 17.5 Å². The first kappa shape index (κ1) is 12.7. The van der Waals surface area contributed by atoms with Crippen LogP contribution in [0.4, 0.5) is 0 Å². The van der Waals surface area contributed by atoms with Gasteiger partial charge >= 0.3 is 0 Å². The van der Waals surface area contributed by atoms with Crippen LogP contribution < -0.4 is 5.32 Å². The summed E-state index contributed by atoms with van der Waals surface area (Å²) in [6.07, 6.45) is 0.755. The lowest BCUT2D eigenvalue weighted by Gasteiger charge is -2.12. The van der Waals surface area contributed by atoms with E-state index in [1.165, 1.54) is 4.68 Å². The number of nitrogens with zero attached hydrogens (tertiary/aromatic N) is 2. The topological polar surface area (TPSA) is 87.4 Å². The predicted octanol–water partition coefficient (Wildman–Crippen LogP) is -0.934. The maximum atomic E-state index is 11.7. The summed E-state index contributed by atoms with van der Waals surface area (Å²) < 4.78 is 1.49. The standard InChI is InChI=1S/C10H17N3O3/c1-3-7-4-9(13(2)12-7)10(16)11-8(5-14)6-15/h4,8,14-15H,3,5-6H2,1-2H3,(H,11,16). The van der Waals surface area contributed by atoms with Crippen LogP contribution in [-0.2, 0) is 13.5 Å². The zero-order valence-electron chi connectivity index (χ0n) is 9.47. The lowest BCUT2D eigenvalue weighted by atomic mass is 10.2. The highest BCUT2D eigenvalue weighted by Gasteiger charge is 2.16. The minimum Gasteiger partial charge on any atom is -0.394 e. The third-order valence-corrected chi connectivity index (χ3v) is 2.30. The third kappa shape index (κ3) is 2.80. The van der Waals surface area contributed by atoms with Gasteiger partial charge in [0.1, 0.15) is 5.69 Å². The molecule has 0 spiro atoms. The number of nitrogens with one attached hydrogen (secondary N) is 1. The number of aryl methyl sites for hydroxylation is 2. The number of hydrogen-bond acceptors (Lipinski definition) is 4. The Kier molecular flexibility index (Phi) is 4.45. The lowest BCUT2D eigenvalue weighted by Crippen LogP contribution is -2.40. The number of aliphatic hydroxyl groups excluding tert-OH is 2. The van der Waals surface area contributed by atoms with Crippen LogP contribution in [0.15, 0.2) is 6.07 Å². The molecule has 0 fully saturated rings. The molecule has 3 N–H and O–H groups in total. The first-order valence-corrected chi connectivity index (χ1v) is 5.17. The Bertz CT molecular complexity index is 358. The number of aromatic nitrogens is 2. The Morgan fingerprint density at radius 3 is 2.62 bits per heavy atom. The van der Waals surface area contributed by atoms with E-state index in [0.29, 0.717) is 5.69 Å². The molecule has 0 aromatic carbocycles. The molecule has 0 atom stereocenters. The van der Waals surface area contributed by atoms with Crippen LogP contribution >= 0.6 is 0 Å². The smallest absolute Gasteiger partial charge is 0.269 e. The summed E-state index contributed by atoms with van der Waals surface area (Å²) in [6.45, 7) is 1.37. The average Bonchev–Trinajstić information content (AvgIpc) is 2.67. The van der Waals surface area contributed by atoms with E-state index in [-0.39, 0.29) is 19.1 Å². The van der Waals surface area contributed by atoms with Gasteiger partial charge < -0.3 is 15.5 Å². The molecule has 1 rings (SSSR count). The van der Waals surface area contributed by atoms with E-state index in [9.17, 15) is 4.79 Å². The van der Waals surface area contributed by atoms with Gasteiger partial charge in [-0.1, -0.05) is 6.92 Å². The van der Waals surface area contributed by atoms with Crippen LogP contribution in [-0.4, -0.2) is 45.2 Å². The fourth-order valence-corrected chi connectivity index (χ4v) is 1.32. The second-order valence-corrected chi connectivity index (χ2v) is 3.53. The highest BCUT2D eigenvalue weighted by Crippen LogP contribution is 2.03. The summed E-state index contributed by atoms with van der Waals surface area (Å²) in [5.41, 5.74) is 1.25. The summed E-state index contributed by atoms with van der Waals surface area (Å²) in [7, 11) is 1.68. The fraction of sp³-hybridized carbons (Fsp3) is 0.600. The largest absolute Gasteiger partial charge is 0.394 e. The summed E-state index contributed by atoms with van der Waals surface area (Å²) >= 11 is 0. The van der Waals surface area contributed by atoms with Gasteiger partial charge in [-0.15, -0.1) is 0 Å². The molecule has 0 bridgehead atoms. The van der Waals surface area contributed by atoms with Gasteiger partial charge in [-0.25, -0.2) is 0 Å². The van der Waals surface area contributed by atoms with E-state index in [2.05, 4.69) is 10.4 Å². The quantitative estimate of drug-likeness (QED) is 0.606. The fourth-order valence-electron chi connectivity index (χ4n) is 1.32. The molecule has 0 aliphatic heterocycles. The van der Waals surface area contributed by atoms with Crippen molar-refractivity contribution in [1.82, 2.24) is 15.1 Å². The van der Waals surface area contributed by atoms with Crippen molar-refractivity contribution in [2.24, 2.45) is 7.05 Å². The SMILES string of the molecule is CCc1cc(C(=O)NC(CO)CO)n(C)n1. The monoisotopic (exact) mass is 227 g/mol. The highest BCUT2D eigenvalue weighted by molar-refractivity contribution is 5.92. The molecule has 6 heteroatoms. The van der Waals surface area contributed by atoms with Crippen molar-refractivity contribution >= 4 is 5.91 Å². The summed E-state index contributed by atoms with van der Waals surface area (Å²) in [4.78, 5) is 11.7. The second kappa shape index (κ2) is 5.62. The molecule has 1 aromatic rings. The van der Waals surface area contributed by atoms with Crippen LogP contribution in [0.5, 0.6) is 0 Å². The van der Waals surface area contributed by atoms with E-state index < -0.39 is 6.04 Å². The van der Waals surface area contributed by atoms with Crippen molar-refractivity contribution in [2.45, 2.75) is 19.4 Å². The van der Waals surface area contributed by atoms with Gasteiger partial charge in [-0.05, 0) is 12.5 Å². The van der Waals surface area contributed by atoms with Crippen molar-refractivity contribution in [2.75, 3.05) is 13.2 Å². The molecular weight excluding hydrogens is 210 g/mol. The highest BCUT2D eigenvalue weighted by atomic mass is 16.3. The molecule has 90 valence electrons. The zero-order valence-corrected chi connectivity index (χ0v) is 9.47. The first-order valence-electron chi connectivity index (χ1n) is 5.17. The van der Waals surface area contributed by atoms with Gasteiger partial charge in [-0.3, -0.25) is 9.48 Å². The van der Waals surface area contributed by atoms with Crippen LogP contribution in [0.1, 0.15) is 23.1 Å². The second-order valence-electron chi connectivity index (χ2n) is 3.53. The Morgan fingerprint density at radius 1 is 1.56 bits per heavy atom. The lowest BCUT2D eigenvalue weighted by molar-refractivity contribution is 0.0870. The molecule has 1 aromatic heterocycles. The maximum absolute atomic E-state index is 11.7. The summed E-state index contributed by atoms with van der Waals surface area (Å²) in [5.74, 6) is -0.345. The minimum absolute atomic E-state index is 0.291. The molecule has 1 heterocycles. The van der Waals surface area contributed by atoms with Gasteiger partial charge in [0.05, 0.1) is 24.9 Å². The first-order chi connectivity index (χ1) is 7.62. The summed E-state index contributed by atoms with van der Waals surface area (Å²) in [6, 6.07) is 1.06. The Morgan fingerprint density at radius 2 is 2.19 bits per heavy atom. The van der Waals surface area contributed by atoms with Crippen molar-refractivity contribution in [1.29, 1.82) is 0 Å². The van der Waals surface area contributed by atoms with E-state index in [1.54, 1.807) is 13.1 Å². The van der Waals surface area contributed by atoms with E-state index in [4.69, 9.17) is 10.2 Å². The Balaban J connectivity index is 2.75. The molecular formula is C10H17N3O3. The number of rotatable bonds is 5. The van der Waals surface area contributed by atoms with E-state index >= 15 is 0 Å². The Hall–Kier alpha value is -1.40. The molecule has 16 heavy (non-hydrogen) atoms. The van der Waals surface area contributed by atoms with Crippen LogP contribution in [0.3, 0.4) is 0 Å². The third-order valence-electron chi connectivity index (χ3n) is 2.30. The molecule has 0 radical (unpaired) electrons. The van der Waals surface area contributed by atoms with Crippen molar-refractivity contribution < 1.29 is 15.0 Å². The minimum atomic E-state index is -0.632. The molecule has 0 saturated heterocycles. The van der Waals surface area contributed by atoms with Gasteiger partial charge in [0, 0.05) is 7.05 Å². The number of carbonyl (C=O) groups is 1. The van der Waals surface area contributed by atoms with E-state index in [0.717, 1.165) is 12.1 Å². The number of amides is 1. The maximum Gasteiger partial charge on any atom is 0.269 e. The Labute approximate surface area is 93.9 Å². The van der Waals surface area contributed by atoms with Gasteiger partial charge in [-0.2, -0.15) is 5.10 Å².